The molecule has 0 saturated carbocycles. The van der Waals surface area contributed by atoms with E-state index >= 15 is 4.39 Å². The first-order chi connectivity index (χ1) is 11.9. The van der Waals surface area contributed by atoms with Gasteiger partial charge in [-0.3, -0.25) is 10.9 Å². The average molecular weight is 367 g/mol. The molecule has 0 aromatic heterocycles. The van der Waals surface area contributed by atoms with Gasteiger partial charge in [-0.1, -0.05) is 23.7 Å². The van der Waals surface area contributed by atoms with Gasteiger partial charge in [0.25, 0.3) is 0 Å². The van der Waals surface area contributed by atoms with Gasteiger partial charge < -0.3 is 15.4 Å². The molecule has 1 aromatic carbocycles. The Morgan fingerprint density at radius 1 is 1.36 bits per heavy atom. The molecule has 1 saturated heterocycles. The molecule has 2 heterocycles. The number of hydrazine groups is 1. The van der Waals surface area contributed by atoms with Crippen molar-refractivity contribution >= 4 is 17.6 Å². The molecule has 8 heteroatoms. The van der Waals surface area contributed by atoms with Crippen molar-refractivity contribution in [1.29, 1.82) is 0 Å². The minimum absolute atomic E-state index is 0.156. The molecule has 1 atom stereocenters. The van der Waals surface area contributed by atoms with E-state index in [1.54, 1.807) is 30.3 Å². The summed E-state index contributed by atoms with van der Waals surface area (Å²) in [4.78, 5) is 13.4. The van der Waals surface area contributed by atoms with Gasteiger partial charge in [0, 0.05) is 12.6 Å². The molecule has 134 valence electrons. The summed E-state index contributed by atoms with van der Waals surface area (Å²) in [5.74, 6) is -0.0436. The van der Waals surface area contributed by atoms with Crippen molar-refractivity contribution in [1.82, 2.24) is 15.8 Å². The zero-order valence-electron chi connectivity index (χ0n) is 13.8. The second-order valence-corrected chi connectivity index (χ2v) is 6.51. The zero-order valence-corrected chi connectivity index (χ0v) is 14.6. The van der Waals surface area contributed by atoms with Crippen molar-refractivity contribution < 1.29 is 13.9 Å². The van der Waals surface area contributed by atoms with Crippen LogP contribution in [0.3, 0.4) is 0 Å². The van der Waals surface area contributed by atoms with Gasteiger partial charge in [0.15, 0.2) is 5.67 Å². The lowest BCUT2D eigenvalue weighted by molar-refractivity contribution is 0.0587. The quantitative estimate of drug-likeness (QED) is 0.561. The van der Waals surface area contributed by atoms with Gasteiger partial charge in [-0.15, -0.1) is 0 Å². The molecular weight excluding hydrogens is 347 g/mol. The molecule has 4 N–H and O–H groups in total. The fourth-order valence-corrected chi connectivity index (χ4v) is 3.31. The summed E-state index contributed by atoms with van der Waals surface area (Å²) < 4.78 is 20.3. The summed E-state index contributed by atoms with van der Waals surface area (Å²) in [5, 5.41) is 0.390. The summed E-state index contributed by atoms with van der Waals surface area (Å²) in [6.07, 6.45) is 2.75. The molecule has 6 nitrogen and oxygen atoms in total. The molecule has 0 aliphatic carbocycles. The number of benzene rings is 1. The van der Waals surface area contributed by atoms with Crippen LogP contribution in [0.2, 0.25) is 0 Å². The number of nitrogens with two attached hydrogens (primary N) is 1. The maximum atomic E-state index is 15.6. The highest BCUT2D eigenvalue weighted by Crippen LogP contribution is 2.37. The van der Waals surface area contributed by atoms with Crippen LogP contribution in [0.15, 0.2) is 47.0 Å². The van der Waals surface area contributed by atoms with Crippen LogP contribution in [0, 0.1) is 0 Å². The maximum absolute atomic E-state index is 15.6. The van der Waals surface area contributed by atoms with Gasteiger partial charge in [0.1, 0.15) is 11.0 Å². The van der Waals surface area contributed by atoms with Gasteiger partial charge in [0.2, 0.25) is 0 Å². The Balaban J connectivity index is 1.83. The van der Waals surface area contributed by atoms with Crippen molar-refractivity contribution in [3.05, 3.63) is 58.1 Å². The minimum atomic E-state index is -1.54. The summed E-state index contributed by atoms with van der Waals surface area (Å²) in [5.41, 5.74) is 11.5. The molecule has 0 radical (unpaired) electrons. The molecule has 0 bridgehead atoms. The van der Waals surface area contributed by atoms with Gasteiger partial charge in [-0.25, -0.2) is 9.18 Å². The zero-order chi connectivity index (χ0) is 18.0. The fraction of sp³-hybridized carbons (Fsp3) is 0.353. The Hall–Kier alpha value is -2.41. The van der Waals surface area contributed by atoms with Crippen molar-refractivity contribution in [2.45, 2.75) is 18.5 Å². The number of rotatable bonds is 3. The number of methoxy groups -OCH3 is 1. The molecule has 1 aromatic rings. The van der Waals surface area contributed by atoms with Crippen LogP contribution < -0.4 is 16.6 Å². The monoisotopic (exact) mass is 366 g/mol. The first kappa shape index (κ1) is 17.4. The predicted molar refractivity (Wildman–Crippen MR) is 92.8 cm³/mol. The van der Waals surface area contributed by atoms with E-state index in [9.17, 15) is 4.79 Å². The van der Waals surface area contributed by atoms with Crippen LogP contribution in [0.25, 0.3) is 0 Å². The molecule has 1 unspecified atom stereocenters. The Bertz CT molecular complexity index is 735. The Labute approximate surface area is 150 Å². The number of alkyl halides is 1. The molecular formula is C17H20ClFN4O2. The van der Waals surface area contributed by atoms with Crippen LogP contribution >= 0.6 is 11.6 Å². The predicted octanol–water partition coefficient (Wildman–Crippen LogP) is 2.05. The van der Waals surface area contributed by atoms with E-state index in [0.29, 0.717) is 47.2 Å². The number of nitrogens with zero attached hydrogens (tertiary/aromatic N) is 1. The van der Waals surface area contributed by atoms with Gasteiger partial charge in [0.05, 0.1) is 24.9 Å². The highest BCUT2D eigenvalue weighted by molar-refractivity contribution is 6.29. The summed E-state index contributed by atoms with van der Waals surface area (Å²) in [6.45, 7) is 0.841. The number of carbonyl (C=O) groups is 1. The lowest BCUT2D eigenvalue weighted by Gasteiger charge is -2.40. The largest absolute Gasteiger partial charge is 0.465 e. The first-order valence-corrected chi connectivity index (χ1v) is 8.32. The van der Waals surface area contributed by atoms with E-state index < -0.39 is 11.6 Å². The Morgan fingerprint density at radius 2 is 2.08 bits per heavy atom. The molecule has 3 rings (SSSR count). The highest BCUT2D eigenvalue weighted by Gasteiger charge is 2.38. The molecule has 0 spiro atoms. The van der Waals surface area contributed by atoms with E-state index in [0.717, 1.165) is 0 Å². The number of hydrogen-bond donors (Lipinski definition) is 3. The topological polar surface area (TPSA) is 79.6 Å². The number of ether oxygens (including phenoxy) is 1. The second-order valence-electron chi connectivity index (χ2n) is 6.10. The fourth-order valence-electron chi connectivity index (χ4n) is 3.16. The van der Waals surface area contributed by atoms with Crippen LogP contribution in [0.5, 0.6) is 0 Å². The third kappa shape index (κ3) is 3.51. The first-order valence-electron chi connectivity index (χ1n) is 7.95. The SMILES string of the molecule is COC(=O)c1ccc(C2(F)CCCN(C3=C(N)NNC(Cl)=C3)C2)cc1. The lowest BCUT2D eigenvalue weighted by atomic mass is 9.86. The Morgan fingerprint density at radius 3 is 2.76 bits per heavy atom. The molecule has 0 amide bonds. The Kier molecular flexibility index (Phi) is 4.76. The highest BCUT2D eigenvalue weighted by atomic mass is 35.5. The number of allylic oxidation sites excluding steroid dienone is 1. The van der Waals surface area contributed by atoms with Crippen molar-refractivity contribution in [2.24, 2.45) is 5.73 Å². The van der Waals surface area contributed by atoms with Gasteiger partial charge in [-0.2, -0.15) is 0 Å². The number of likely N-dealkylation sites (tertiary alicyclic amines) is 1. The smallest absolute Gasteiger partial charge is 0.337 e. The number of carbonyl (C=O) groups excluding carboxylic acids is 1. The van der Waals surface area contributed by atoms with Crippen LogP contribution in [0.4, 0.5) is 4.39 Å². The number of piperidine rings is 1. The standard InChI is InChI=1S/C17H20ClFN4O2/c1-25-16(24)11-3-5-12(6-4-11)17(19)7-2-8-23(10-17)13-9-14(18)21-22-15(13)20/h3-6,9,21-22H,2,7-8,10,20H2,1H3. The lowest BCUT2D eigenvalue weighted by Crippen LogP contribution is -2.46. The number of halogens is 2. The van der Waals surface area contributed by atoms with Crippen molar-refractivity contribution in [3.8, 4) is 0 Å². The van der Waals surface area contributed by atoms with E-state index in [-0.39, 0.29) is 6.54 Å². The molecule has 25 heavy (non-hydrogen) atoms. The van der Waals surface area contributed by atoms with E-state index in [2.05, 4.69) is 15.6 Å². The average Bonchev–Trinajstić information content (AvgIpc) is 2.63. The van der Waals surface area contributed by atoms with Gasteiger partial charge in [-0.05, 0) is 30.5 Å². The van der Waals surface area contributed by atoms with Crippen molar-refractivity contribution in [2.75, 3.05) is 20.2 Å². The van der Waals surface area contributed by atoms with Crippen molar-refractivity contribution in [3.63, 3.8) is 0 Å². The van der Waals surface area contributed by atoms with Crippen LogP contribution in [-0.2, 0) is 10.4 Å². The molecule has 2 aliphatic rings. The van der Waals surface area contributed by atoms with Gasteiger partial charge >= 0.3 is 5.97 Å². The van der Waals surface area contributed by atoms with E-state index in [1.807, 2.05) is 4.90 Å². The normalized spacial score (nSPS) is 23.5. The minimum Gasteiger partial charge on any atom is -0.465 e. The number of nitrogens with one attached hydrogen (secondary N) is 2. The van der Waals surface area contributed by atoms with E-state index in [4.69, 9.17) is 17.3 Å². The maximum Gasteiger partial charge on any atom is 0.337 e. The third-order valence-corrected chi connectivity index (χ3v) is 4.67. The third-order valence-electron chi connectivity index (χ3n) is 4.46. The second kappa shape index (κ2) is 6.84. The summed E-state index contributed by atoms with van der Waals surface area (Å²) in [7, 11) is 1.32. The summed E-state index contributed by atoms with van der Waals surface area (Å²) >= 11 is 5.98. The number of esters is 1. The van der Waals surface area contributed by atoms with Crippen LogP contribution in [0.1, 0.15) is 28.8 Å². The molecule has 2 aliphatic heterocycles. The number of hydrogen-bond acceptors (Lipinski definition) is 6. The molecule has 1 fully saturated rings. The van der Waals surface area contributed by atoms with Crippen LogP contribution in [-0.4, -0.2) is 31.1 Å². The van der Waals surface area contributed by atoms with E-state index in [1.165, 1.54) is 7.11 Å². The summed E-state index contributed by atoms with van der Waals surface area (Å²) in [6, 6.07) is 6.43.